The summed E-state index contributed by atoms with van der Waals surface area (Å²) in [5.41, 5.74) is 0.874. The second kappa shape index (κ2) is 7.27. The standard InChI is InChI=1S/C15H22FNO/c1-4-14(5-2)17(3)11-15(18)10-12-6-8-13(16)9-7-12/h6-9,14H,4-5,10-11H2,1-3H3. The normalized spacial score (nSPS) is 11.2. The molecular weight excluding hydrogens is 229 g/mol. The maximum absolute atomic E-state index is 12.7. The Morgan fingerprint density at radius 3 is 2.28 bits per heavy atom. The molecule has 0 heterocycles. The summed E-state index contributed by atoms with van der Waals surface area (Å²) in [5, 5.41) is 0. The SMILES string of the molecule is CCC(CC)N(C)CC(=O)Cc1ccc(F)cc1. The summed E-state index contributed by atoms with van der Waals surface area (Å²) in [6.07, 6.45) is 2.48. The lowest BCUT2D eigenvalue weighted by Gasteiger charge is -2.25. The van der Waals surface area contributed by atoms with Gasteiger partial charge in [-0.25, -0.2) is 4.39 Å². The summed E-state index contributed by atoms with van der Waals surface area (Å²) in [6.45, 7) is 4.73. The van der Waals surface area contributed by atoms with Crippen LogP contribution in [0, 0.1) is 5.82 Å². The van der Waals surface area contributed by atoms with Crippen LogP contribution in [-0.4, -0.2) is 30.3 Å². The fourth-order valence-corrected chi connectivity index (χ4v) is 2.21. The van der Waals surface area contributed by atoms with Gasteiger partial charge in [-0.2, -0.15) is 0 Å². The fourth-order valence-electron chi connectivity index (χ4n) is 2.21. The van der Waals surface area contributed by atoms with E-state index < -0.39 is 0 Å². The molecule has 0 aromatic heterocycles. The van der Waals surface area contributed by atoms with Crippen LogP contribution in [0.3, 0.4) is 0 Å². The van der Waals surface area contributed by atoms with Gasteiger partial charge in [0.1, 0.15) is 5.82 Å². The number of likely N-dealkylation sites (N-methyl/N-ethyl adjacent to an activating group) is 1. The monoisotopic (exact) mass is 251 g/mol. The number of nitrogens with zero attached hydrogens (tertiary/aromatic N) is 1. The number of halogens is 1. The largest absolute Gasteiger partial charge is 0.298 e. The first-order valence-corrected chi connectivity index (χ1v) is 6.53. The van der Waals surface area contributed by atoms with Crippen LogP contribution in [0.4, 0.5) is 4.39 Å². The third kappa shape index (κ3) is 4.57. The number of hydrogen-bond donors (Lipinski definition) is 0. The van der Waals surface area contributed by atoms with Gasteiger partial charge < -0.3 is 0 Å². The third-order valence-corrected chi connectivity index (χ3v) is 3.31. The smallest absolute Gasteiger partial charge is 0.151 e. The molecule has 1 rings (SSSR count). The number of carbonyl (C=O) groups excluding carboxylic acids is 1. The summed E-state index contributed by atoms with van der Waals surface area (Å²) in [5.74, 6) is -0.0867. The van der Waals surface area contributed by atoms with Gasteiger partial charge in [0.25, 0.3) is 0 Å². The highest BCUT2D eigenvalue weighted by atomic mass is 19.1. The van der Waals surface area contributed by atoms with E-state index in [-0.39, 0.29) is 11.6 Å². The Kier molecular flexibility index (Phi) is 5.99. The van der Waals surface area contributed by atoms with E-state index >= 15 is 0 Å². The molecule has 0 N–H and O–H groups in total. The molecule has 0 aliphatic heterocycles. The summed E-state index contributed by atoms with van der Waals surface area (Å²) in [7, 11) is 1.99. The second-order valence-electron chi connectivity index (χ2n) is 4.73. The molecule has 0 amide bonds. The van der Waals surface area contributed by atoms with Crippen LogP contribution in [-0.2, 0) is 11.2 Å². The number of hydrogen-bond acceptors (Lipinski definition) is 2. The van der Waals surface area contributed by atoms with Crippen LogP contribution in [0.5, 0.6) is 0 Å². The highest BCUT2D eigenvalue weighted by molar-refractivity contribution is 5.82. The van der Waals surface area contributed by atoms with E-state index in [1.54, 1.807) is 12.1 Å². The fraction of sp³-hybridized carbons (Fsp3) is 0.533. The third-order valence-electron chi connectivity index (χ3n) is 3.31. The average Bonchev–Trinajstić information content (AvgIpc) is 2.33. The van der Waals surface area contributed by atoms with Crippen molar-refractivity contribution in [3.05, 3.63) is 35.6 Å². The average molecular weight is 251 g/mol. The van der Waals surface area contributed by atoms with Crippen molar-refractivity contribution < 1.29 is 9.18 Å². The molecule has 0 saturated heterocycles. The zero-order valence-corrected chi connectivity index (χ0v) is 11.4. The minimum atomic E-state index is -0.264. The molecule has 0 radical (unpaired) electrons. The molecular formula is C15H22FNO. The maximum Gasteiger partial charge on any atom is 0.151 e. The highest BCUT2D eigenvalue weighted by Gasteiger charge is 2.14. The highest BCUT2D eigenvalue weighted by Crippen LogP contribution is 2.08. The van der Waals surface area contributed by atoms with Crippen LogP contribution in [0.15, 0.2) is 24.3 Å². The van der Waals surface area contributed by atoms with Gasteiger partial charge in [-0.1, -0.05) is 26.0 Å². The molecule has 3 heteroatoms. The first-order valence-electron chi connectivity index (χ1n) is 6.53. The Labute approximate surface area is 109 Å². The Morgan fingerprint density at radius 2 is 1.78 bits per heavy atom. The molecule has 2 nitrogen and oxygen atoms in total. The molecule has 0 atom stereocenters. The number of ketones is 1. The molecule has 1 aromatic carbocycles. The summed E-state index contributed by atoms with van der Waals surface area (Å²) < 4.78 is 12.7. The molecule has 0 aliphatic rings. The van der Waals surface area contributed by atoms with Crippen molar-refractivity contribution >= 4 is 5.78 Å². The number of benzene rings is 1. The molecule has 0 unspecified atom stereocenters. The molecule has 0 fully saturated rings. The van der Waals surface area contributed by atoms with Gasteiger partial charge in [0, 0.05) is 12.5 Å². The van der Waals surface area contributed by atoms with E-state index in [0.717, 1.165) is 18.4 Å². The number of Topliss-reactive ketones (excluding diaryl/α,β-unsaturated/α-hetero) is 1. The van der Waals surface area contributed by atoms with Gasteiger partial charge in [0.15, 0.2) is 5.78 Å². The molecule has 0 aliphatic carbocycles. The predicted octanol–water partition coefficient (Wildman–Crippen LogP) is 3.06. The molecule has 0 spiro atoms. The van der Waals surface area contributed by atoms with E-state index in [1.807, 2.05) is 7.05 Å². The molecule has 18 heavy (non-hydrogen) atoms. The van der Waals surface area contributed by atoms with Crippen molar-refractivity contribution in [2.45, 2.75) is 39.2 Å². The Hall–Kier alpha value is -1.22. The summed E-state index contributed by atoms with van der Waals surface area (Å²) in [6, 6.07) is 6.59. The van der Waals surface area contributed by atoms with Gasteiger partial charge in [-0.05, 0) is 37.6 Å². The zero-order chi connectivity index (χ0) is 13.5. The van der Waals surface area contributed by atoms with E-state index in [2.05, 4.69) is 18.7 Å². The molecule has 1 aromatic rings. The van der Waals surface area contributed by atoms with Gasteiger partial charge >= 0.3 is 0 Å². The van der Waals surface area contributed by atoms with E-state index in [4.69, 9.17) is 0 Å². The summed E-state index contributed by atoms with van der Waals surface area (Å²) in [4.78, 5) is 14.0. The minimum Gasteiger partial charge on any atom is -0.298 e. The van der Waals surface area contributed by atoms with Crippen molar-refractivity contribution in [1.82, 2.24) is 4.90 Å². The lowest BCUT2D eigenvalue weighted by Crippen LogP contribution is -2.35. The first-order chi connectivity index (χ1) is 8.56. The predicted molar refractivity (Wildman–Crippen MR) is 72.1 cm³/mol. The minimum absolute atomic E-state index is 0.177. The van der Waals surface area contributed by atoms with Crippen molar-refractivity contribution in [2.75, 3.05) is 13.6 Å². The topological polar surface area (TPSA) is 20.3 Å². The van der Waals surface area contributed by atoms with Gasteiger partial charge in [0.2, 0.25) is 0 Å². The van der Waals surface area contributed by atoms with E-state index in [1.165, 1.54) is 12.1 Å². The summed E-state index contributed by atoms with van der Waals surface area (Å²) >= 11 is 0. The number of carbonyl (C=O) groups is 1. The lowest BCUT2D eigenvalue weighted by atomic mass is 10.1. The van der Waals surface area contributed by atoms with E-state index in [9.17, 15) is 9.18 Å². The Bertz CT molecular complexity index is 371. The van der Waals surface area contributed by atoms with Gasteiger partial charge in [-0.15, -0.1) is 0 Å². The lowest BCUT2D eigenvalue weighted by molar-refractivity contribution is -0.119. The Balaban J connectivity index is 2.48. The van der Waals surface area contributed by atoms with Crippen molar-refractivity contribution in [3.63, 3.8) is 0 Å². The van der Waals surface area contributed by atoms with Crippen LogP contribution in [0.1, 0.15) is 32.3 Å². The van der Waals surface area contributed by atoms with Crippen LogP contribution < -0.4 is 0 Å². The first kappa shape index (κ1) is 14.8. The van der Waals surface area contributed by atoms with Crippen LogP contribution >= 0.6 is 0 Å². The van der Waals surface area contributed by atoms with Crippen molar-refractivity contribution in [3.8, 4) is 0 Å². The second-order valence-corrected chi connectivity index (χ2v) is 4.73. The molecule has 100 valence electrons. The maximum atomic E-state index is 12.7. The van der Waals surface area contributed by atoms with E-state index in [0.29, 0.717) is 19.0 Å². The molecule has 0 saturated carbocycles. The van der Waals surface area contributed by atoms with Gasteiger partial charge in [0.05, 0.1) is 6.54 Å². The van der Waals surface area contributed by atoms with Crippen LogP contribution in [0.2, 0.25) is 0 Å². The van der Waals surface area contributed by atoms with Gasteiger partial charge in [-0.3, -0.25) is 9.69 Å². The van der Waals surface area contributed by atoms with Crippen molar-refractivity contribution in [1.29, 1.82) is 0 Å². The zero-order valence-electron chi connectivity index (χ0n) is 11.4. The van der Waals surface area contributed by atoms with Crippen molar-refractivity contribution in [2.24, 2.45) is 0 Å². The Morgan fingerprint density at radius 1 is 1.22 bits per heavy atom. The van der Waals surface area contributed by atoms with Crippen LogP contribution in [0.25, 0.3) is 0 Å². The number of rotatable bonds is 7. The molecule has 0 bridgehead atoms. The quantitative estimate of drug-likeness (QED) is 0.742.